The van der Waals surface area contributed by atoms with Gasteiger partial charge in [-0.2, -0.15) is 0 Å². The Labute approximate surface area is 96.7 Å². The maximum atomic E-state index is 11.8. The minimum atomic E-state index is -0.723. The molecule has 0 unspecified atom stereocenters. The van der Waals surface area contributed by atoms with E-state index >= 15 is 0 Å². The Kier molecular flexibility index (Phi) is 5.73. The van der Waals surface area contributed by atoms with E-state index in [4.69, 9.17) is 15.2 Å². The molecule has 1 aliphatic rings. The van der Waals surface area contributed by atoms with Crippen LogP contribution >= 0.6 is 0 Å². The van der Waals surface area contributed by atoms with E-state index in [0.29, 0.717) is 32.6 Å². The molecule has 0 radical (unpaired) electrons. The lowest BCUT2D eigenvalue weighted by Gasteiger charge is -2.31. The summed E-state index contributed by atoms with van der Waals surface area (Å²) in [7, 11) is 1.68. The number of rotatable bonds is 6. The average Bonchev–Trinajstić information content (AvgIpc) is 2.29. The van der Waals surface area contributed by atoms with Gasteiger partial charge in [-0.25, -0.2) is 0 Å². The first-order chi connectivity index (χ1) is 7.69. The highest BCUT2D eigenvalue weighted by molar-refractivity contribution is 5.86. The molecule has 5 heteroatoms. The van der Waals surface area contributed by atoms with Crippen LogP contribution in [0, 0.1) is 0 Å². The third kappa shape index (κ3) is 4.08. The maximum Gasteiger partial charge on any atom is 0.240 e. The normalized spacial score (nSPS) is 19.4. The SMILES string of the molecule is COCCCCNC(=O)C1(N)CCOCC1. The van der Waals surface area contributed by atoms with Crippen molar-refractivity contribution in [3.05, 3.63) is 0 Å². The van der Waals surface area contributed by atoms with E-state index in [0.717, 1.165) is 19.4 Å². The van der Waals surface area contributed by atoms with Crippen molar-refractivity contribution in [3.63, 3.8) is 0 Å². The standard InChI is InChI=1S/C11H22N2O3/c1-15-7-3-2-6-13-10(14)11(12)4-8-16-9-5-11/h2-9,12H2,1H3,(H,13,14). The summed E-state index contributed by atoms with van der Waals surface area (Å²) in [5.74, 6) is -0.0479. The van der Waals surface area contributed by atoms with Gasteiger partial charge >= 0.3 is 0 Å². The van der Waals surface area contributed by atoms with Gasteiger partial charge in [0, 0.05) is 33.5 Å². The molecule has 1 aliphatic heterocycles. The summed E-state index contributed by atoms with van der Waals surface area (Å²) in [6.07, 6.45) is 3.09. The van der Waals surface area contributed by atoms with Gasteiger partial charge in [-0.3, -0.25) is 4.79 Å². The van der Waals surface area contributed by atoms with Crippen molar-refractivity contribution in [2.24, 2.45) is 5.73 Å². The molecular weight excluding hydrogens is 208 g/mol. The van der Waals surface area contributed by atoms with E-state index in [9.17, 15) is 4.79 Å². The first kappa shape index (κ1) is 13.4. The molecule has 0 aliphatic carbocycles. The van der Waals surface area contributed by atoms with E-state index in [1.165, 1.54) is 0 Å². The van der Waals surface area contributed by atoms with Crippen LogP contribution in [0.4, 0.5) is 0 Å². The first-order valence-corrected chi connectivity index (χ1v) is 5.83. The fraction of sp³-hybridized carbons (Fsp3) is 0.909. The molecule has 16 heavy (non-hydrogen) atoms. The highest BCUT2D eigenvalue weighted by Gasteiger charge is 2.35. The Morgan fingerprint density at radius 2 is 2.12 bits per heavy atom. The smallest absolute Gasteiger partial charge is 0.240 e. The van der Waals surface area contributed by atoms with Crippen LogP contribution < -0.4 is 11.1 Å². The minimum Gasteiger partial charge on any atom is -0.385 e. The van der Waals surface area contributed by atoms with Crippen LogP contribution in [0.3, 0.4) is 0 Å². The second-order valence-electron chi connectivity index (χ2n) is 4.22. The van der Waals surface area contributed by atoms with Crippen molar-refractivity contribution < 1.29 is 14.3 Å². The molecule has 94 valence electrons. The fourth-order valence-corrected chi connectivity index (χ4v) is 1.71. The molecule has 1 saturated heterocycles. The summed E-state index contributed by atoms with van der Waals surface area (Å²) in [4.78, 5) is 11.8. The second-order valence-corrected chi connectivity index (χ2v) is 4.22. The van der Waals surface area contributed by atoms with Crippen LogP contribution in [0.15, 0.2) is 0 Å². The van der Waals surface area contributed by atoms with Crippen LogP contribution in [-0.2, 0) is 14.3 Å². The Morgan fingerprint density at radius 1 is 1.44 bits per heavy atom. The number of ether oxygens (including phenoxy) is 2. The molecule has 0 spiro atoms. The van der Waals surface area contributed by atoms with Crippen molar-refractivity contribution in [2.45, 2.75) is 31.2 Å². The van der Waals surface area contributed by atoms with Gasteiger partial charge in [-0.05, 0) is 25.7 Å². The number of carbonyl (C=O) groups excluding carboxylic acids is 1. The molecule has 0 aromatic carbocycles. The summed E-state index contributed by atoms with van der Waals surface area (Å²) >= 11 is 0. The average molecular weight is 230 g/mol. The summed E-state index contributed by atoms with van der Waals surface area (Å²) < 4.78 is 10.1. The van der Waals surface area contributed by atoms with Crippen molar-refractivity contribution in [3.8, 4) is 0 Å². The molecule has 1 rings (SSSR count). The molecule has 3 N–H and O–H groups in total. The zero-order valence-electron chi connectivity index (χ0n) is 9.96. The number of hydrogen-bond donors (Lipinski definition) is 2. The van der Waals surface area contributed by atoms with Crippen molar-refractivity contribution >= 4 is 5.91 Å². The summed E-state index contributed by atoms with van der Waals surface area (Å²) in [5, 5.41) is 2.88. The lowest BCUT2D eigenvalue weighted by atomic mass is 9.90. The van der Waals surface area contributed by atoms with E-state index in [1.54, 1.807) is 7.11 Å². The Bertz CT molecular complexity index is 215. The topological polar surface area (TPSA) is 73.6 Å². The fourth-order valence-electron chi connectivity index (χ4n) is 1.71. The van der Waals surface area contributed by atoms with Gasteiger partial charge in [0.2, 0.25) is 5.91 Å². The number of amides is 1. The van der Waals surface area contributed by atoms with Gasteiger partial charge in [0.1, 0.15) is 0 Å². The van der Waals surface area contributed by atoms with Crippen LogP contribution in [0.2, 0.25) is 0 Å². The van der Waals surface area contributed by atoms with Gasteiger partial charge in [0.15, 0.2) is 0 Å². The number of nitrogens with one attached hydrogen (secondary N) is 1. The molecule has 5 nitrogen and oxygen atoms in total. The number of unbranched alkanes of at least 4 members (excludes halogenated alkanes) is 1. The zero-order chi connectivity index (χ0) is 11.9. The first-order valence-electron chi connectivity index (χ1n) is 5.83. The molecular formula is C11H22N2O3. The monoisotopic (exact) mass is 230 g/mol. The summed E-state index contributed by atoms with van der Waals surface area (Å²) in [6.45, 7) is 2.56. The van der Waals surface area contributed by atoms with Gasteiger partial charge in [0.05, 0.1) is 5.54 Å². The Balaban J connectivity index is 2.18. The minimum absolute atomic E-state index is 0.0479. The highest BCUT2D eigenvalue weighted by atomic mass is 16.5. The number of nitrogens with two attached hydrogens (primary N) is 1. The molecule has 0 atom stereocenters. The number of methoxy groups -OCH3 is 1. The van der Waals surface area contributed by atoms with Crippen LogP contribution in [0.5, 0.6) is 0 Å². The van der Waals surface area contributed by atoms with Gasteiger partial charge in [-0.1, -0.05) is 0 Å². The summed E-state index contributed by atoms with van der Waals surface area (Å²) in [6, 6.07) is 0. The molecule has 0 aromatic heterocycles. The predicted octanol–water partition coefficient (Wildman–Crippen LogP) is 0.0371. The largest absolute Gasteiger partial charge is 0.385 e. The van der Waals surface area contributed by atoms with Crippen molar-refractivity contribution in [1.29, 1.82) is 0 Å². The molecule has 0 aromatic rings. The third-order valence-electron chi connectivity index (χ3n) is 2.90. The highest BCUT2D eigenvalue weighted by Crippen LogP contribution is 2.17. The van der Waals surface area contributed by atoms with Gasteiger partial charge in [0.25, 0.3) is 0 Å². The summed E-state index contributed by atoms with van der Waals surface area (Å²) in [5.41, 5.74) is 5.30. The van der Waals surface area contributed by atoms with E-state index in [2.05, 4.69) is 5.32 Å². The van der Waals surface area contributed by atoms with Gasteiger partial charge in [-0.15, -0.1) is 0 Å². The molecule has 0 saturated carbocycles. The molecule has 1 amide bonds. The van der Waals surface area contributed by atoms with Crippen LogP contribution in [-0.4, -0.2) is 44.9 Å². The number of carbonyl (C=O) groups is 1. The quantitative estimate of drug-likeness (QED) is 0.632. The van der Waals surface area contributed by atoms with Crippen LogP contribution in [0.25, 0.3) is 0 Å². The van der Waals surface area contributed by atoms with Gasteiger partial charge < -0.3 is 20.5 Å². The predicted molar refractivity (Wildman–Crippen MR) is 61.1 cm³/mol. The Morgan fingerprint density at radius 3 is 2.75 bits per heavy atom. The van der Waals surface area contributed by atoms with E-state index in [-0.39, 0.29) is 5.91 Å². The molecule has 1 fully saturated rings. The number of hydrogen-bond acceptors (Lipinski definition) is 4. The van der Waals surface area contributed by atoms with E-state index < -0.39 is 5.54 Å². The lowest BCUT2D eigenvalue weighted by Crippen LogP contribution is -2.57. The molecule has 0 bridgehead atoms. The second kappa shape index (κ2) is 6.83. The Hall–Kier alpha value is -0.650. The van der Waals surface area contributed by atoms with E-state index in [1.807, 2.05) is 0 Å². The van der Waals surface area contributed by atoms with Crippen LogP contribution in [0.1, 0.15) is 25.7 Å². The lowest BCUT2D eigenvalue weighted by molar-refractivity contribution is -0.129. The van der Waals surface area contributed by atoms with Crippen molar-refractivity contribution in [2.75, 3.05) is 33.5 Å². The maximum absolute atomic E-state index is 11.8. The van der Waals surface area contributed by atoms with Crippen molar-refractivity contribution in [1.82, 2.24) is 5.32 Å². The zero-order valence-corrected chi connectivity index (χ0v) is 9.96. The molecule has 1 heterocycles. The third-order valence-corrected chi connectivity index (χ3v) is 2.90.